The van der Waals surface area contributed by atoms with Crippen molar-refractivity contribution in [1.29, 1.82) is 0 Å². The van der Waals surface area contributed by atoms with Crippen molar-refractivity contribution in [3.8, 4) is 5.75 Å². The molecule has 1 rings (SSSR count). The molecule has 0 amide bonds. The summed E-state index contributed by atoms with van der Waals surface area (Å²) in [6.07, 6.45) is 0.719. The predicted molar refractivity (Wildman–Crippen MR) is 53.7 cm³/mol. The summed E-state index contributed by atoms with van der Waals surface area (Å²) in [5.41, 5.74) is 0.943. The fraction of sp³-hybridized carbons (Fsp3) is 0.182. The summed E-state index contributed by atoms with van der Waals surface area (Å²) in [6.45, 7) is 5.70. The lowest BCUT2D eigenvalue weighted by Gasteiger charge is -2.00. The van der Waals surface area contributed by atoms with E-state index in [1.54, 1.807) is 18.2 Å². The van der Waals surface area contributed by atoms with Gasteiger partial charge in [0.05, 0.1) is 0 Å². The Morgan fingerprint density at radius 2 is 2.08 bits per heavy atom. The second kappa shape index (κ2) is 3.90. The minimum atomic E-state index is -0.366. The van der Waals surface area contributed by atoms with Gasteiger partial charge in [-0.3, -0.25) is 4.79 Å². The molecule has 68 valence electrons. The predicted octanol–water partition coefficient (Wildman–Crippen LogP) is 2.18. The van der Waals surface area contributed by atoms with Gasteiger partial charge < -0.3 is 5.11 Å². The van der Waals surface area contributed by atoms with Crippen LogP contribution in [0.5, 0.6) is 5.75 Å². The lowest BCUT2D eigenvalue weighted by atomic mass is 10.1. The van der Waals surface area contributed by atoms with Crippen LogP contribution in [0.4, 0.5) is 0 Å². The smallest absolute Gasteiger partial charge is 0.220 e. The quantitative estimate of drug-likeness (QED) is 0.749. The lowest BCUT2D eigenvalue weighted by molar-refractivity contribution is 0.469. The molecule has 1 aromatic carbocycles. The molecule has 0 aromatic heterocycles. The van der Waals surface area contributed by atoms with Crippen molar-refractivity contribution in [3.05, 3.63) is 46.6 Å². The third-order valence-electron chi connectivity index (χ3n) is 1.92. The molecule has 0 atom stereocenters. The summed E-state index contributed by atoms with van der Waals surface area (Å²) in [5.74, 6) is -0.211. The molecule has 1 N–H and O–H groups in total. The average molecular weight is 176 g/mol. The van der Waals surface area contributed by atoms with Crippen LogP contribution in [-0.4, -0.2) is 5.11 Å². The summed E-state index contributed by atoms with van der Waals surface area (Å²) in [4.78, 5) is 11.2. The molecule has 0 aliphatic carbocycles. The first kappa shape index (κ1) is 9.52. The number of rotatable bonds is 2. The van der Waals surface area contributed by atoms with E-state index >= 15 is 0 Å². The Morgan fingerprint density at radius 3 is 2.69 bits per heavy atom. The van der Waals surface area contributed by atoms with Crippen molar-refractivity contribution in [2.45, 2.75) is 13.3 Å². The van der Waals surface area contributed by atoms with Gasteiger partial charge in [-0.05, 0) is 18.1 Å². The standard InChI is InChI=1S/C11H12O2/c1-3-8(2)9-6-4-5-7-10(12)11(9)13/h4-7H,2-3H2,1H3,(H,12,13). The highest BCUT2D eigenvalue weighted by Gasteiger charge is 2.04. The van der Waals surface area contributed by atoms with Crippen LogP contribution >= 0.6 is 0 Å². The SMILES string of the molecule is C=C(CC)c1ccccc(=O)c1O. The first-order valence-electron chi connectivity index (χ1n) is 4.17. The number of allylic oxidation sites excluding steroid dienone is 1. The van der Waals surface area contributed by atoms with E-state index in [0.717, 1.165) is 12.0 Å². The van der Waals surface area contributed by atoms with E-state index in [9.17, 15) is 9.90 Å². The summed E-state index contributed by atoms with van der Waals surface area (Å²) in [7, 11) is 0. The fourth-order valence-corrected chi connectivity index (χ4v) is 1.06. The van der Waals surface area contributed by atoms with Gasteiger partial charge in [0.1, 0.15) is 0 Å². The molecular weight excluding hydrogens is 164 g/mol. The second-order valence-corrected chi connectivity index (χ2v) is 2.80. The molecule has 0 heterocycles. The molecule has 0 spiro atoms. The third kappa shape index (κ3) is 1.96. The first-order valence-corrected chi connectivity index (χ1v) is 4.17. The van der Waals surface area contributed by atoms with Crippen LogP contribution in [0, 0.1) is 0 Å². The summed E-state index contributed by atoms with van der Waals surface area (Å²) in [6, 6.07) is 6.36. The minimum Gasteiger partial charge on any atom is -0.504 e. The maximum Gasteiger partial charge on any atom is 0.220 e. The Morgan fingerprint density at radius 1 is 1.46 bits per heavy atom. The van der Waals surface area contributed by atoms with E-state index in [1.165, 1.54) is 6.07 Å². The van der Waals surface area contributed by atoms with Crippen LogP contribution in [0.3, 0.4) is 0 Å². The van der Waals surface area contributed by atoms with Gasteiger partial charge in [-0.1, -0.05) is 31.7 Å². The van der Waals surface area contributed by atoms with Gasteiger partial charge in [-0.2, -0.15) is 0 Å². The summed E-state index contributed by atoms with van der Waals surface area (Å²) >= 11 is 0. The second-order valence-electron chi connectivity index (χ2n) is 2.80. The van der Waals surface area contributed by atoms with Crippen LogP contribution in [-0.2, 0) is 0 Å². The van der Waals surface area contributed by atoms with Gasteiger partial charge in [0, 0.05) is 5.56 Å². The average Bonchev–Trinajstić information content (AvgIpc) is 2.29. The van der Waals surface area contributed by atoms with Crippen molar-refractivity contribution in [2.24, 2.45) is 0 Å². The monoisotopic (exact) mass is 176 g/mol. The highest BCUT2D eigenvalue weighted by atomic mass is 16.3. The van der Waals surface area contributed by atoms with E-state index in [2.05, 4.69) is 6.58 Å². The van der Waals surface area contributed by atoms with Crippen LogP contribution in [0.1, 0.15) is 18.9 Å². The van der Waals surface area contributed by atoms with Gasteiger partial charge in [-0.25, -0.2) is 0 Å². The molecule has 2 heteroatoms. The van der Waals surface area contributed by atoms with Gasteiger partial charge in [0.25, 0.3) is 0 Å². The fourth-order valence-electron chi connectivity index (χ4n) is 1.06. The Kier molecular flexibility index (Phi) is 2.85. The topological polar surface area (TPSA) is 37.3 Å². The highest BCUT2D eigenvalue weighted by Crippen LogP contribution is 2.21. The molecule has 0 aliphatic rings. The van der Waals surface area contributed by atoms with Crippen LogP contribution < -0.4 is 5.43 Å². The third-order valence-corrected chi connectivity index (χ3v) is 1.92. The highest BCUT2D eigenvalue weighted by molar-refractivity contribution is 5.67. The Bertz CT molecular complexity index is 380. The van der Waals surface area contributed by atoms with E-state index in [1.807, 2.05) is 6.92 Å². The van der Waals surface area contributed by atoms with E-state index in [-0.39, 0.29) is 11.2 Å². The molecule has 13 heavy (non-hydrogen) atoms. The number of aromatic hydroxyl groups is 1. The van der Waals surface area contributed by atoms with E-state index < -0.39 is 0 Å². The van der Waals surface area contributed by atoms with Crippen LogP contribution in [0.25, 0.3) is 5.57 Å². The van der Waals surface area contributed by atoms with Gasteiger partial charge in [-0.15, -0.1) is 0 Å². The molecular formula is C11H12O2. The van der Waals surface area contributed by atoms with Crippen LogP contribution in [0.15, 0.2) is 35.6 Å². The van der Waals surface area contributed by atoms with Crippen molar-refractivity contribution in [2.75, 3.05) is 0 Å². The molecule has 0 aliphatic heterocycles. The maximum atomic E-state index is 11.2. The van der Waals surface area contributed by atoms with Crippen molar-refractivity contribution < 1.29 is 5.11 Å². The molecule has 0 unspecified atom stereocenters. The summed E-state index contributed by atoms with van der Waals surface area (Å²) < 4.78 is 0. The van der Waals surface area contributed by atoms with Gasteiger partial charge in [0.15, 0.2) is 5.75 Å². The number of hydrogen-bond acceptors (Lipinski definition) is 2. The molecule has 0 bridgehead atoms. The largest absolute Gasteiger partial charge is 0.504 e. The van der Waals surface area contributed by atoms with E-state index in [0.29, 0.717) is 5.56 Å². The van der Waals surface area contributed by atoms with Gasteiger partial charge in [0.2, 0.25) is 5.43 Å². The van der Waals surface area contributed by atoms with Gasteiger partial charge >= 0.3 is 0 Å². The normalized spacial score (nSPS) is 9.62. The lowest BCUT2D eigenvalue weighted by Crippen LogP contribution is -1.95. The van der Waals surface area contributed by atoms with Crippen molar-refractivity contribution in [3.63, 3.8) is 0 Å². The van der Waals surface area contributed by atoms with E-state index in [4.69, 9.17) is 0 Å². The molecule has 0 saturated carbocycles. The molecule has 1 aromatic rings. The Labute approximate surface area is 77.2 Å². The Hall–Kier alpha value is -1.57. The number of hydrogen-bond donors (Lipinski definition) is 1. The maximum absolute atomic E-state index is 11.2. The first-order chi connectivity index (χ1) is 6.16. The minimum absolute atomic E-state index is 0.211. The zero-order valence-electron chi connectivity index (χ0n) is 7.58. The molecule has 0 saturated heterocycles. The summed E-state index contributed by atoms with van der Waals surface area (Å²) in [5, 5.41) is 9.49. The van der Waals surface area contributed by atoms with Crippen LogP contribution in [0.2, 0.25) is 0 Å². The molecule has 0 fully saturated rings. The zero-order chi connectivity index (χ0) is 9.84. The van der Waals surface area contributed by atoms with Crippen molar-refractivity contribution >= 4 is 5.57 Å². The zero-order valence-corrected chi connectivity index (χ0v) is 7.58. The molecule has 2 nitrogen and oxygen atoms in total. The molecule has 0 radical (unpaired) electrons. The Balaban J connectivity index is 3.40. The van der Waals surface area contributed by atoms with Crippen molar-refractivity contribution in [1.82, 2.24) is 0 Å².